The lowest BCUT2D eigenvalue weighted by Crippen LogP contribution is -2.33. The molecule has 5 heteroatoms. The first-order valence-corrected chi connectivity index (χ1v) is 7.91. The Morgan fingerprint density at radius 1 is 1.25 bits per heavy atom. The third-order valence-electron chi connectivity index (χ3n) is 3.86. The van der Waals surface area contributed by atoms with Crippen LogP contribution in [-0.2, 0) is 0 Å². The number of pyridine rings is 2. The van der Waals surface area contributed by atoms with Crippen LogP contribution >= 0.6 is 0 Å². The maximum absolute atomic E-state index is 12.7. The monoisotopic (exact) mass is 321 g/mol. The summed E-state index contributed by atoms with van der Waals surface area (Å²) in [5.74, 6) is -0.167. The number of nitrogens with zero attached hydrogens (tertiary/aromatic N) is 2. The number of nitrogens with one attached hydrogen (secondary N) is 1. The van der Waals surface area contributed by atoms with Crippen LogP contribution in [0.1, 0.15) is 23.7 Å². The first-order chi connectivity index (χ1) is 11.7. The van der Waals surface area contributed by atoms with Crippen molar-refractivity contribution in [2.75, 3.05) is 6.61 Å². The molecule has 2 N–H and O–H groups in total. The predicted molar refractivity (Wildman–Crippen MR) is 93.6 cm³/mol. The van der Waals surface area contributed by atoms with Crippen LogP contribution in [-0.4, -0.2) is 33.6 Å². The van der Waals surface area contributed by atoms with E-state index in [0.29, 0.717) is 17.7 Å². The third-order valence-corrected chi connectivity index (χ3v) is 3.86. The molecule has 0 saturated heterocycles. The first kappa shape index (κ1) is 16.1. The van der Waals surface area contributed by atoms with E-state index in [1.54, 1.807) is 18.5 Å². The number of fused-ring (bicyclic) bond motifs is 1. The van der Waals surface area contributed by atoms with E-state index < -0.39 is 0 Å². The summed E-state index contributed by atoms with van der Waals surface area (Å²) in [4.78, 5) is 21.5. The van der Waals surface area contributed by atoms with Gasteiger partial charge in [0, 0.05) is 36.0 Å². The van der Waals surface area contributed by atoms with Gasteiger partial charge in [-0.25, -0.2) is 4.98 Å². The van der Waals surface area contributed by atoms with Crippen LogP contribution in [0.25, 0.3) is 22.2 Å². The molecule has 122 valence electrons. The number of hydrogen-bond donors (Lipinski definition) is 2. The second kappa shape index (κ2) is 7.19. The van der Waals surface area contributed by atoms with Crippen molar-refractivity contribution < 1.29 is 9.90 Å². The van der Waals surface area contributed by atoms with Gasteiger partial charge in [0.1, 0.15) is 0 Å². The molecule has 0 aliphatic heterocycles. The normalized spacial score (nSPS) is 12.1. The SMILES string of the molecule is CC(CCO)NC(=O)c1cc(-c2cccnc2)nc2ccccc12. The maximum Gasteiger partial charge on any atom is 0.252 e. The average molecular weight is 321 g/mol. The van der Waals surface area contributed by atoms with Crippen molar-refractivity contribution in [1.82, 2.24) is 15.3 Å². The molecule has 3 rings (SSSR count). The van der Waals surface area contributed by atoms with E-state index in [4.69, 9.17) is 5.11 Å². The molecule has 0 fully saturated rings. The van der Waals surface area contributed by atoms with Crippen molar-refractivity contribution in [3.05, 3.63) is 60.4 Å². The molecule has 0 saturated carbocycles. The lowest BCUT2D eigenvalue weighted by Gasteiger charge is -2.14. The van der Waals surface area contributed by atoms with Gasteiger partial charge in [-0.15, -0.1) is 0 Å². The molecule has 24 heavy (non-hydrogen) atoms. The Bertz CT molecular complexity index is 850. The minimum Gasteiger partial charge on any atom is -0.396 e. The van der Waals surface area contributed by atoms with E-state index in [1.807, 2.05) is 43.3 Å². The first-order valence-electron chi connectivity index (χ1n) is 7.91. The Morgan fingerprint density at radius 3 is 2.83 bits per heavy atom. The van der Waals surface area contributed by atoms with Crippen LogP contribution in [0.2, 0.25) is 0 Å². The Morgan fingerprint density at radius 2 is 2.08 bits per heavy atom. The zero-order valence-corrected chi connectivity index (χ0v) is 13.4. The van der Waals surface area contributed by atoms with Crippen molar-refractivity contribution >= 4 is 16.8 Å². The van der Waals surface area contributed by atoms with E-state index in [2.05, 4.69) is 15.3 Å². The largest absolute Gasteiger partial charge is 0.396 e. The summed E-state index contributed by atoms with van der Waals surface area (Å²) in [5, 5.41) is 12.7. The highest BCUT2D eigenvalue weighted by Crippen LogP contribution is 2.24. The van der Waals surface area contributed by atoms with Crippen molar-refractivity contribution in [3.8, 4) is 11.3 Å². The summed E-state index contributed by atoms with van der Waals surface area (Å²) >= 11 is 0. The molecule has 1 atom stereocenters. The number of benzene rings is 1. The van der Waals surface area contributed by atoms with Gasteiger partial charge in [0.2, 0.25) is 0 Å². The van der Waals surface area contributed by atoms with Gasteiger partial charge in [0.05, 0.1) is 16.8 Å². The van der Waals surface area contributed by atoms with Crippen molar-refractivity contribution in [2.24, 2.45) is 0 Å². The molecule has 3 aromatic rings. The van der Waals surface area contributed by atoms with Gasteiger partial charge in [-0.1, -0.05) is 18.2 Å². The minimum atomic E-state index is -0.167. The van der Waals surface area contributed by atoms with Gasteiger partial charge in [-0.3, -0.25) is 9.78 Å². The molecule has 2 aromatic heterocycles. The van der Waals surface area contributed by atoms with Crippen LogP contribution in [0, 0.1) is 0 Å². The summed E-state index contributed by atoms with van der Waals surface area (Å²) < 4.78 is 0. The molecule has 0 aliphatic carbocycles. The lowest BCUT2D eigenvalue weighted by atomic mass is 10.0. The van der Waals surface area contributed by atoms with E-state index >= 15 is 0 Å². The smallest absolute Gasteiger partial charge is 0.252 e. The van der Waals surface area contributed by atoms with Gasteiger partial charge in [-0.2, -0.15) is 0 Å². The predicted octanol–water partition coefficient (Wildman–Crippen LogP) is 2.80. The second-order valence-corrected chi connectivity index (χ2v) is 5.70. The fraction of sp³-hybridized carbons (Fsp3) is 0.211. The molecule has 2 heterocycles. The van der Waals surface area contributed by atoms with Crippen LogP contribution in [0.15, 0.2) is 54.9 Å². The summed E-state index contributed by atoms with van der Waals surface area (Å²) in [6.45, 7) is 1.92. The van der Waals surface area contributed by atoms with Gasteiger partial charge in [-0.05, 0) is 37.6 Å². The van der Waals surface area contributed by atoms with E-state index in [-0.39, 0.29) is 18.6 Å². The topological polar surface area (TPSA) is 75.1 Å². The maximum atomic E-state index is 12.7. The van der Waals surface area contributed by atoms with E-state index in [1.165, 1.54) is 0 Å². The van der Waals surface area contributed by atoms with Crippen molar-refractivity contribution in [1.29, 1.82) is 0 Å². The Labute approximate surface area is 140 Å². The van der Waals surface area contributed by atoms with Crippen LogP contribution < -0.4 is 5.32 Å². The summed E-state index contributed by atoms with van der Waals surface area (Å²) in [6, 6.07) is 13.0. The Hall–Kier alpha value is -2.79. The zero-order valence-electron chi connectivity index (χ0n) is 13.4. The number of aliphatic hydroxyl groups is 1. The summed E-state index contributed by atoms with van der Waals surface area (Å²) in [5.41, 5.74) is 2.91. The third kappa shape index (κ3) is 3.41. The number of carbonyl (C=O) groups excluding carboxylic acids is 1. The number of aromatic nitrogens is 2. The van der Waals surface area contributed by atoms with Crippen LogP contribution in [0.5, 0.6) is 0 Å². The fourth-order valence-corrected chi connectivity index (χ4v) is 2.59. The number of hydrogen-bond acceptors (Lipinski definition) is 4. The highest BCUT2D eigenvalue weighted by atomic mass is 16.3. The van der Waals surface area contributed by atoms with Gasteiger partial charge in [0.15, 0.2) is 0 Å². The van der Waals surface area contributed by atoms with Gasteiger partial charge >= 0.3 is 0 Å². The number of aliphatic hydroxyl groups excluding tert-OH is 1. The quantitative estimate of drug-likeness (QED) is 0.758. The average Bonchev–Trinajstić information content (AvgIpc) is 2.61. The highest BCUT2D eigenvalue weighted by molar-refractivity contribution is 6.07. The molecule has 0 radical (unpaired) electrons. The Kier molecular flexibility index (Phi) is 4.82. The molecule has 0 spiro atoms. The Balaban J connectivity index is 2.06. The molecule has 5 nitrogen and oxygen atoms in total. The highest BCUT2D eigenvalue weighted by Gasteiger charge is 2.15. The van der Waals surface area contributed by atoms with Crippen molar-refractivity contribution in [3.63, 3.8) is 0 Å². The van der Waals surface area contributed by atoms with Crippen molar-refractivity contribution in [2.45, 2.75) is 19.4 Å². The number of rotatable bonds is 5. The van der Waals surface area contributed by atoms with E-state index in [0.717, 1.165) is 16.5 Å². The van der Waals surface area contributed by atoms with Crippen LogP contribution in [0.4, 0.5) is 0 Å². The molecule has 1 amide bonds. The molecular formula is C19H19N3O2. The number of para-hydroxylation sites is 1. The van der Waals surface area contributed by atoms with E-state index in [9.17, 15) is 4.79 Å². The summed E-state index contributed by atoms with van der Waals surface area (Å²) in [7, 11) is 0. The molecule has 1 unspecified atom stereocenters. The van der Waals surface area contributed by atoms with Gasteiger partial charge < -0.3 is 10.4 Å². The zero-order chi connectivity index (χ0) is 16.9. The number of carbonyl (C=O) groups is 1. The fourth-order valence-electron chi connectivity index (χ4n) is 2.59. The molecule has 1 aromatic carbocycles. The minimum absolute atomic E-state index is 0.0411. The lowest BCUT2D eigenvalue weighted by molar-refractivity contribution is 0.0936. The van der Waals surface area contributed by atoms with Crippen LogP contribution in [0.3, 0.4) is 0 Å². The summed E-state index contributed by atoms with van der Waals surface area (Å²) in [6.07, 6.45) is 3.95. The standard InChI is InChI=1S/C19H19N3O2/c1-13(8-10-23)21-19(24)16-11-18(14-5-4-9-20-12-14)22-17-7-3-2-6-15(16)17/h2-7,9,11-13,23H,8,10H2,1H3,(H,21,24). The molecule has 0 bridgehead atoms. The van der Waals surface area contributed by atoms with Gasteiger partial charge in [0.25, 0.3) is 5.91 Å². The second-order valence-electron chi connectivity index (χ2n) is 5.70. The molecule has 0 aliphatic rings. The number of amides is 1. The molecular weight excluding hydrogens is 302 g/mol.